The minimum absolute atomic E-state index is 0.128. The molecule has 1 fully saturated rings. The molecule has 1 aliphatic carbocycles. The molecule has 5 rings (SSSR count). The number of hydrogen-bond acceptors (Lipinski definition) is 2. The van der Waals surface area contributed by atoms with Gasteiger partial charge in [0.15, 0.2) is 0 Å². The molecule has 4 nitrogen and oxygen atoms in total. The Morgan fingerprint density at radius 1 is 0.778 bits per heavy atom. The minimum Gasteiger partial charge on any atom is -0.338 e. The van der Waals surface area contributed by atoms with Crippen molar-refractivity contribution in [3.63, 3.8) is 0 Å². The van der Waals surface area contributed by atoms with E-state index >= 15 is 0 Å². The maximum Gasteiger partial charge on any atom is 0.230 e. The molecular weight excluding hydrogens is 336 g/mol. The van der Waals surface area contributed by atoms with Crippen LogP contribution >= 0.6 is 0 Å². The van der Waals surface area contributed by atoms with E-state index in [0.717, 1.165) is 38.0 Å². The van der Waals surface area contributed by atoms with Crippen LogP contribution in [0.2, 0.25) is 0 Å². The van der Waals surface area contributed by atoms with Gasteiger partial charge in [0.25, 0.3) is 0 Å². The lowest BCUT2D eigenvalue weighted by atomic mass is 9.99. The van der Waals surface area contributed by atoms with Crippen LogP contribution in [0.5, 0.6) is 0 Å². The van der Waals surface area contributed by atoms with E-state index in [0.29, 0.717) is 13.0 Å². The van der Waals surface area contributed by atoms with E-state index in [1.165, 1.54) is 16.7 Å². The first-order valence-electron chi connectivity index (χ1n) is 9.97. The Hall–Kier alpha value is -2.62. The van der Waals surface area contributed by atoms with Gasteiger partial charge in [-0.1, -0.05) is 42.5 Å². The highest BCUT2D eigenvalue weighted by atomic mass is 16.2. The SMILES string of the molecule is O=C(C1CC1C(=O)N1CCCc2ccccc21)N1CCc2ccccc2C1. The molecule has 27 heavy (non-hydrogen) atoms. The fourth-order valence-corrected chi connectivity index (χ4v) is 4.62. The summed E-state index contributed by atoms with van der Waals surface area (Å²) in [6.07, 6.45) is 3.64. The summed E-state index contributed by atoms with van der Waals surface area (Å²) in [7, 11) is 0. The van der Waals surface area contributed by atoms with Crippen molar-refractivity contribution in [2.45, 2.75) is 32.2 Å². The third-order valence-corrected chi connectivity index (χ3v) is 6.24. The molecule has 2 unspecified atom stereocenters. The van der Waals surface area contributed by atoms with E-state index < -0.39 is 0 Å². The second-order valence-electron chi connectivity index (χ2n) is 7.95. The van der Waals surface area contributed by atoms with Gasteiger partial charge in [-0.05, 0) is 48.4 Å². The van der Waals surface area contributed by atoms with Gasteiger partial charge < -0.3 is 9.80 Å². The van der Waals surface area contributed by atoms with E-state index in [9.17, 15) is 9.59 Å². The zero-order valence-corrected chi connectivity index (χ0v) is 15.4. The Kier molecular flexibility index (Phi) is 4.00. The molecule has 2 atom stereocenters. The van der Waals surface area contributed by atoms with E-state index in [1.807, 2.05) is 34.1 Å². The number of para-hydroxylation sites is 1. The largest absolute Gasteiger partial charge is 0.338 e. The zero-order valence-electron chi connectivity index (χ0n) is 15.4. The van der Waals surface area contributed by atoms with Crippen molar-refractivity contribution in [2.75, 3.05) is 18.0 Å². The Labute approximate surface area is 159 Å². The molecule has 2 heterocycles. The van der Waals surface area contributed by atoms with Gasteiger partial charge in [0.1, 0.15) is 0 Å². The molecule has 0 spiro atoms. The fraction of sp³-hybridized carbons (Fsp3) is 0.391. The lowest BCUT2D eigenvalue weighted by Crippen LogP contribution is -2.40. The molecule has 138 valence electrons. The smallest absolute Gasteiger partial charge is 0.230 e. The summed E-state index contributed by atoms with van der Waals surface area (Å²) in [4.78, 5) is 29.9. The Balaban J connectivity index is 1.27. The molecule has 0 N–H and O–H groups in total. The summed E-state index contributed by atoms with van der Waals surface area (Å²) < 4.78 is 0. The highest BCUT2D eigenvalue weighted by molar-refractivity contribution is 6.01. The molecule has 3 aliphatic rings. The zero-order chi connectivity index (χ0) is 18.4. The Morgan fingerprint density at radius 3 is 2.33 bits per heavy atom. The third-order valence-electron chi connectivity index (χ3n) is 6.24. The van der Waals surface area contributed by atoms with Crippen LogP contribution in [-0.4, -0.2) is 29.8 Å². The van der Waals surface area contributed by atoms with Crippen molar-refractivity contribution in [3.05, 3.63) is 65.2 Å². The topological polar surface area (TPSA) is 40.6 Å². The highest BCUT2D eigenvalue weighted by Gasteiger charge is 2.51. The Morgan fingerprint density at radius 2 is 1.48 bits per heavy atom. The van der Waals surface area contributed by atoms with Gasteiger partial charge in [-0.15, -0.1) is 0 Å². The predicted molar refractivity (Wildman–Crippen MR) is 104 cm³/mol. The molecule has 0 aromatic heterocycles. The van der Waals surface area contributed by atoms with Crippen LogP contribution in [0.4, 0.5) is 5.69 Å². The fourth-order valence-electron chi connectivity index (χ4n) is 4.62. The van der Waals surface area contributed by atoms with E-state index in [-0.39, 0.29) is 23.7 Å². The van der Waals surface area contributed by atoms with Gasteiger partial charge in [0.2, 0.25) is 11.8 Å². The van der Waals surface area contributed by atoms with Crippen LogP contribution in [0, 0.1) is 11.8 Å². The molecular formula is C23H24N2O2. The number of rotatable bonds is 2. The number of hydrogen-bond donors (Lipinski definition) is 0. The molecule has 0 saturated heterocycles. The first kappa shape index (κ1) is 16.5. The second-order valence-corrected chi connectivity index (χ2v) is 7.95. The summed E-state index contributed by atoms with van der Waals surface area (Å²) in [6, 6.07) is 16.5. The standard InChI is InChI=1S/C23H24N2O2/c26-22(24-13-11-16-6-1-2-8-18(16)15-24)19-14-20(19)23(27)25-12-5-9-17-7-3-4-10-21(17)25/h1-4,6-8,10,19-20H,5,9,11-15H2. The van der Waals surface area contributed by atoms with Crippen LogP contribution in [0.1, 0.15) is 29.5 Å². The van der Waals surface area contributed by atoms with Crippen LogP contribution in [0.15, 0.2) is 48.5 Å². The summed E-state index contributed by atoms with van der Waals surface area (Å²) in [5.74, 6) is 0.0312. The molecule has 2 amide bonds. The number of benzene rings is 2. The number of carbonyl (C=O) groups is 2. The van der Waals surface area contributed by atoms with Crippen LogP contribution in [0.25, 0.3) is 0 Å². The van der Waals surface area contributed by atoms with Gasteiger partial charge in [-0.25, -0.2) is 0 Å². The molecule has 4 heteroatoms. The summed E-state index contributed by atoms with van der Waals surface area (Å²) in [6.45, 7) is 2.21. The van der Waals surface area contributed by atoms with Gasteiger partial charge in [0.05, 0.1) is 11.8 Å². The summed E-state index contributed by atoms with van der Waals surface area (Å²) in [5.41, 5.74) is 4.87. The van der Waals surface area contributed by atoms with Crippen molar-refractivity contribution in [3.8, 4) is 0 Å². The lowest BCUT2D eigenvalue weighted by molar-refractivity contribution is -0.135. The first-order chi connectivity index (χ1) is 13.2. The number of anilines is 1. The number of amides is 2. The highest BCUT2D eigenvalue weighted by Crippen LogP contribution is 2.43. The van der Waals surface area contributed by atoms with Crippen molar-refractivity contribution < 1.29 is 9.59 Å². The molecule has 0 radical (unpaired) electrons. The Bertz CT molecular complexity index is 907. The van der Waals surface area contributed by atoms with Crippen LogP contribution < -0.4 is 4.90 Å². The predicted octanol–water partition coefficient (Wildman–Crippen LogP) is 3.19. The van der Waals surface area contributed by atoms with Gasteiger partial charge in [-0.2, -0.15) is 0 Å². The average molecular weight is 360 g/mol. The number of nitrogens with zero attached hydrogens (tertiary/aromatic N) is 2. The first-order valence-corrected chi connectivity index (χ1v) is 9.97. The van der Waals surface area contributed by atoms with E-state index in [4.69, 9.17) is 0 Å². The molecule has 2 aliphatic heterocycles. The van der Waals surface area contributed by atoms with Crippen molar-refractivity contribution in [1.82, 2.24) is 4.90 Å². The minimum atomic E-state index is -0.138. The third kappa shape index (κ3) is 2.93. The number of aryl methyl sites for hydroxylation is 1. The van der Waals surface area contributed by atoms with Gasteiger partial charge in [0, 0.05) is 25.3 Å². The number of carbonyl (C=O) groups excluding carboxylic acids is 2. The number of fused-ring (bicyclic) bond motifs is 2. The average Bonchev–Trinajstić information content (AvgIpc) is 3.53. The molecule has 2 aromatic carbocycles. The van der Waals surface area contributed by atoms with Crippen molar-refractivity contribution in [1.29, 1.82) is 0 Å². The quantitative estimate of drug-likeness (QED) is 0.825. The van der Waals surface area contributed by atoms with E-state index in [2.05, 4.69) is 24.3 Å². The summed E-state index contributed by atoms with van der Waals surface area (Å²) >= 11 is 0. The van der Waals surface area contributed by atoms with Gasteiger partial charge in [-0.3, -0.25) is 9.59 Å². The molecule has 1 saturated carbocycles. The van der Waals surface area contributed by atoms with Gasteiger partial charge >= 0.3 is 0 Å². The summed E-state index contributed by atoms with van der Waals surface area (Å²) in [5, 5.41) is 0. The molecule has 2 aromatic rings. The monoisotopic (exact) mass is 360 g/mol. The second kappa shape index (κ2) is 6.52. The van der Waals surface area contributed by atoms with Crippen LogP contribution in [0.3, 0.4) is 0 Å². The maximum absolute atomic E-state index is 13.1. The lowest BCUT2D eigenvalue weighted by Gasteiger charge is -2.31. The van der Waals surface area contributed by atoms with E-state index in [1.54, 1.807) is 0 Å². The maximum atomic E-state index is 13.1. The normalized spacial score (nSPS) is 23.4. The molecule has 0 bridgehead atoms. The van der Waals surface area contributed by atoms with Crippen molar-refractivity contribution in [2.24, 2.45) is 11.8 Å². The van der Waals surface area contributed by atoms with Crippen LogP contribution in [-0.2, 0) is 29.0 Å². The van der Waals surface area contributed by atoms with Crippen molar-refractivity contribution >= 4 is 17.5 Å².